The second-order valence-corrected chi connectivity index (χ2v) is 5.69. The monoisotopic (exact) mass is 264 g/mol. The van der Waals surface area contributed by atoms with Gasteiger partial charge in [-0.15, -0.1) is 0 Å². The molecule has 1 aromatic heterocycles. The number of amides is 1. The van der Waals surface area contributed by atoms with Gasteiger partial charge in [-0.2, -0.15) is 0 Å². The summed E-state index contributed by atoms with van der Waals surface area (Å²) in [5.74, 6) is -2.50. The number of hydrogen-bond acceptors (Lipinski definition) is 3. The number of nitrogens with zero attached hydrogens (tertiary/aromatic N) is 2. The minimum Gasteiger partial charge on any atom is -0.481 e. The molecule has 1 heterocycles. The van der Waals surface area contributed by atoms with Crippen LogP contribution in [0, 0.1) is 11.3 Å². The van der Waals surface area contributed by atoms with Crippen LogP contribution in [0.3, 0.4) is 0 Å². The van der Waals surface area contributed by atoms with Crippen molar-refractivity contribution in [1.82, 2.24) is 9.88 Å². The molecule has 1 aromatic rings. The zero-order valence-corrected chi connectivity index (χ0v) is 11.8. The van der Waals surface area contributed by atoms with Crippen molar-refractivity contribution in [3.63, 3.8) is 0 Å². The summed E-state index contributed by atoms with van der Waals surface area (Å²) in [5.41, 5.74) is 0.305. The smallest absolute Gasteiger partial charge is 0.316 e. The van der Waals surface area contributed by atoms with Gasteiger partial charge in [-0.1, -0.05) is 20.8 Å². The molecule has 0 aliphatic carbocycles. The summed E-state index contributed by atoms with van der Waals surface area (Å²) in [6.07, 6.45) is 3.29. The number of carbonyl (C=O) groups is 2. The minimum atomic E-state index is -1.08. The minimum absolute atomic E-state index is 0.376. The van der Waals surface area contributed by atoms with E-state index in [1.165, 1.54) is 4.90 Å². The Balaban J connectivity index is 2.83. The molecule has 5 nitrogen and oxygen atoms in total. The Bertz CT molecular complexity index is 452. The summed E-state index contributed by atoms with van der Waals surface area (Å²) in [6, 6.07) is 3.60. The third-order valence-corrected chi connectivity index (χ3v) is 2.91. The highest BCUT2D eigenvalue weighted by Crippen LogP contribution is 2.28. The van der Waals surface area contributed by atoms with Gasteiger partial charge in [0.1, 0.15) is 5.92 Å². The van der Waals surface area contributed by atoms with Gasteiger partial charge in [-0.05, 0) is 23.1 Å². The van der Waals surface area contributed by atoms with Gasteiger partial charge in [0.15, 0.2) is 0 Å². The second-order valence-electron chi connectivity index (χ2n) is 5.69. The van der Waals surface area contributed by atoms with Crippen LogP contribution in [0.1, 0.15) is 26.3 Å². The second kappa shape index (κ2) is 5.82. The summed E-state index contributed by atoms with van der Waals surface area (Å²) in [5, 5.41) is 9.24. The highest BCUT2D eigenvalue weighted by molar-refractivity contribution is 5.97. The van der Waals surface area contributed by atoms with E-state index in [0.717, 1.165) is 5.56 Å². The predicted molar refractivity (Wildman–Crippen MR) is 71.3 cm³/mol. The van der Waals surface area contributed by atoms with Crippen molar-refractivity contribution >= 4 is 11.9 Å². The van der Waals surface area contributed by atoms with E-state index in [1.54, 1.807) is 52.3 Å². The summed E-state index contributed by atoms with van der Waals surface area (Å²) >= 11 is 0. The van der Waals surface area contributed by atoms with Crippen LogP contribution in [0.5, 0.6) is 0 Å². The largest absolute Gasteiger partial charge is 0.481 e. The first-order valence-electron chi connectivity index (χ1n) is 6.10. The molecule has 5 heteroatoms. The number of pyridine rings is 1. The molecule has 0 aliphatic rings. The Hall–Kier alpha value is -1.91. The molecular formula is C14H20N2O3. The molecule has 0 aromatic carbocycles. The van der Waals surface area contributed by atoms with Crippen molar-refractivity contribution in [3.8, 4) is 0 Å². The van der Waals surface area contributed by atoms with Crippen LogP contribution in [0.2, 0.25) is 0 Å². The number of carboxylic acid groups (broad SMARTS) is 1. The number of carboxylic acids is 1. The van der Waals surface area contributed by atoms with E-state index in [9.17, 15) is 14.7 Å². The van der Waals surface area contributed by atoms with Crippen LogP contribution in [0.4, 0.5) is 0 Å². The lowest BCUT2D eigenvalue weighted by molar-refractivity contribution is -0.155. The fraction of sp³-hybridized carbons (Fsp3) is 0.500. The molecule has 19 heavy (non-hydrogen) atoms. The maximum atomic E-state index is 12.3. The van der Waals surface area contributed by atoms with Gasteiger partial charge in [0, 0.05) is 26.0 Å². The molecule has 0 bridgehead atoms. The van der Waals surface area contributed by atoms with Crippen LogP contribution in [-0.4, -0.2) is 33.9 Å². The molecule has 0 fully saturated rings. The molecular weight excluding hydrogens is 244 g/mol. The molecule has 1 N–H and O–H groups in total. The lowest BCUT2D eigenvalue weighted by Gasteiger charge is -2.30. The summed E-state index contributed by atoms with van der Waals surface area (Å²) in [6.45, 7) is 5.64. The Kier molecular flexibility index (Phi) is 4.64. The van der Waals surface area contributed by atoms with Crippen LogP contribution in [0.25, 0.3) is 0 Å². The van der Waals surface area contributed by atoms with Crippen molar-refractivity contribution in [1.29, 1.82) is 0 Å². The van der Waals surface area contributed by atoms with E-state index in [1.807, 2.05) is 0 Å². The van der Waals surface area contributed by atoms with Crippen LogP contribution in [0.15, 0.2) is 24.5 Å². The van der Waals surface area contributed by atoms with E-state index >= 15 is 0 Å². The summed E-state index contributed by atoms with van der Waals surface area (Å²) in [4.78, 5) is 28.9. The molecule has 0 aliphatic heterocycles. The van der Waals surface area contributed by atoms with Gasteiger partial charge in [0.2, 0.25) is 5.91 Å². The predicted octanol–water partition coefficient (Wildman–Crippen LogP) is 1.79. The van der Waals surface area contributed by atoms with E-state index < -0.39 is 17.3 Å². The first-order chi connectivity index (χ1) is 8.73. The quantitative estimate of drug-likeness (QED) is 0.842. The van der Waals surface area contributed by atoms with E-state index in [2.05, 4.69) is 4.98 Å². The Labute approximate surface area is 113 Å². The molecule has 0 saturated carbocycles. The maximum absolute atomic E-state index is 12.3. The number of aliphatic carboxylic acids is 1. The molecule has 0 radical (unpaired) electrons. The van der Waals surface area contributed by atoms with E-state index in [4.69, 9.17) is 0 Å². The topological polar surface area (TPSA) is 70.5 Å². The zero-order valence-electron chi connectivity index (χ0n) is 11.8. The number of rotatable bonds is 4. The molecule has 0 spiro atoms. The molecule has 104 valence electrons. The Morgan fingerprint density at radius 3 is 2.26 bits per heavy atom. The van der Waals surface area contributed by atoms with Crippen molar-refractivity contribution < 1.29 is 14.7 Å². The Morgan fingerprint density at radius 2 is 1.84 bits per heavy atom. The number of aromatic nitrogens is 1. The van der Waals surface area contributed by atoms with Gasteiger partial charge in [-0.25, -0.2) is 0 Å². The Morgan fingerprint density at radius 1 is 1.32 bits per heavy atom. The lowest BCUT2D eigenvalue weighted by Crippen LogP contribution is -2.43. The molecule has 1 unspecified atom stereocenters. The summed E-state index contributed by atoms with van der Waals surface area (Å²) < 4.78 is 0. The van der Waals surface area contributed by atoms with Crippen molar-refractivity contribution in [2.75, 3.05) is 7.05 Å². The van der Waals surface area contributed by atoms with E-state index in [-0.39, 0.29) is 5.91 Å². The maximum Gasteiger partial charge on any atom is 0.316 e. The lowest BCUT2D eigenvalue weighted by atomic mass is 9.80. The first kappa shape index (κ1) is 15.1. The van der Waals surface area contributed by atoms with Gasteiger partial charge in [0.25, 0.3) is 0 Å². The standard InChI is InChI=1S/C14H20N2O3/c1-14(2,3)11(13(18)19)12(17)16(4)9-10-5-7-15-8-6-10/h5-8,11H,9H2,1-4H3,(H,18,19). The number of hydrogen-bond donors (Lipinski definition) is 1. The van der Waals surface area contributed by atoms with Crippen molar-refractivity contribution in [3.05, 3.63) is 30.1 Å². The molecule has 1 rings (SSSR count). The summed E-state index contributed by atoms with van der Waals surface area (Å²) in [7, 11) is 1.62. The molecule has 0 saturated heterocycles. The third-order valence-electron chi connectivity index (χ3n) is 2.91. The van der Waals surface area contributed by atoms with E-state index in [0.29, 0.717) is 6.54 Å². The van der Waals surface area contributed by atoms with Crippen molar-refractivity contribution in [2.45, 2.75) is 27.3 Å². The van der Waals surface area contributed by atoms with Crippen LogP contribution in [-0.2, 0) is 16.1 Å². The SMILES string of the molecule is CN(Cc1ccncc1)C(=O)C(C(=O)O)C(C)(C)C. The van der Waals surface area contributed by atoms with Gasteiger partial charge in [-0.3, -0.25) is 14.6 Å². The highest BCUT2D eigenvalue weighted by Gasteiger charge is 2.39. The number of carbonyl (C=O) groups excluding carboxylic acids is 1. The molecule has 1 atom stereocenters. The van der Waals surface area contributed by atoms with Gasteiger partial charge < -0.3 is 10.0 Å². The first-order valence-corrected chi connectivity index (χ1v) is 6.10. The van der Waals surface area contributed by atoms with Crippen LogP contribution >= 0.6 is 0 Å². The average Bonchev–Trinajstić information content (AvgIpc) is 2.27. The van der Waals surface area contributed by atoms with Crippen LogP contribution < -0.4 is 0 Å². The zero-order chi connectivity index (χ0) is 14.6. The average molecular weight is 264 g/mol. The third kappa shape index (κ3) is 4.05. The fourth-order valence-corrected chi connectivity index (χ4v) is 1.91. The fourth-order valence-electron chi connectivity index (χ4n) is 1.91. The van der Waals surface area contributed by atoms with Gasteiger partial charge in [0.05, 0.1) is 0 Å². The highest BCUT2D eigenvalue weighted by atomic mass is 16.4. The van der Waals surface area contributed by atoms with Crippen molar-refractivity contribution in [2.24, 2.45) is 11.3 Å². The molecule has 1 amide bonds. The normalized spacial score (nSPS) is 12.8. The van der Waals surface area contributed by atoms with Gasteiger partial charge >= 0.3 is 5.97 Å².